The van der Waals surface area contributed by atoms with Gasteiger partial charge in [0.2, 0.25) is 0 Å². The second kappa shape index (κ2) is 5.56. The van der Waals surface area contributed by atoms with Crippen LogP contribution in [-0.2, 0) is 12.4 Å². The van der Waals surface area contributed by atoms with E-state index in [0.29, 0.717) is 12.5 Å². The fourth-order valence-corrected chi connectivity index (χ4v) is 1.66. The number of para-hydroxylation sites is 1. The van der Waals surface area contributed by atoms with Crippen LogP contribution in [-0.4, -0.2) is 16.2 Å². The molecule has 4 heteroatoms. The number of rotatable bonds is 5. The third-order valence-electron chi connectivity index (χ3n) is 2.28. The number of ether oxygens (including phenoxy) is 1. The Balaban J connectivity index is 1.85. The van der Waals surface area contributed by atoms with Gasteiger partial charge in [-0.15, -0.1) is 11.6 Å². The van der Waals surface area contributed by atoms with Crippen molar-refractivity contribution in [3.8, 4) is 5.75 Å². The summed E-state index contributed by atoms with van der Waals surface area (Å²) in [4.78, 5) is 4.04. The van der Waals surface area contributed by atoms with E-state index in [1.807, 2.05) is 34.9 Å². The Bertz CT molecular complexity index is 428. The molecule has 0 fully saturated rings. The lowest BCUT2D eigenvalue weighted by molar-refractivity contribution is 0.297. The normalized spacial score (nSPS) is 10.3. The highest BCUT2D eigenvalue weighted by Crippen LogP contribution is 2.09. The zero-order valence-electron chi connectivity index (χ0n) is 8.84. The number of halogens is 1. The van der Waals surface area contributed by atoms with Crippen molar-refractivity contribution in [1.82, 2.24) is 9.55 Å². The van der Waals surface area contributed by atoms with E-state index in [4.69, 9.17) is 16.3 Å². The highest BCUT2D eigenvalue weighted by molar-refractivity contribution is 6.16. The van der Waals surface area contributed by atoms with Crippen molar-refractivity contribution in [2.75, 3.05) is 6.61 Å². The predicted molar refractivity (Wildman–Crippen MR) is 63.7 cm³/mol. The van der Waals surface area contributed by atoms with E-state index >= 15 is 0 Å². The van der Waals surface area contributed by atoms with Crippen LogP contribution in [0.15, 0.2) is 42.9 Å². The zero-order valence-corrected chi connectivity index (χ0v) is 9.60. The van der Waals surface area contributed by atoms with Gasteiger partial charge in [-0.1, -0.05) is 18.2 Å². The van der Waals surface area contributed by atoms with Crippen LogP contribution < -0.4 is 4.74 Å². The van der Waals surface area contributed by atoms with Crippen molar-refractivity contribution in [1.29, 1.82) is 0 Å². The van der Waals surface area contributed by atoms with Crippen LogP contribution in [0.5, 0.6) is 5.75 Å². The van der Waals surface area contributed by atoms with Gasteiger partial charge in [-0.25, -0.2) is 4.98 Å². The highest BCUT2D eigenvalue weighted by Gasteiger charge is 2.00. The SMILES string of the molecule is ClCc1cncn1CCOc1ccccc1. The highest BCUT2D eigenvalue weighted by atomic mass is 35.5. The van der Waals surface area contributed by atoms with E-state index < -0.39 is 0 Å². The first-order valence-electron chi connectivity index (χ1n) is 5.13. The minimum absolute atomic E-state index is 0.478. The largest absolute Gasteiger partial charge is 0.492 e. The van der Waals surface area contributed by atoms with Crippen LogP contribution in [0.3, 0.4) is 0 Å². The van der Waals surface area contributed by atoms with Gasteiger partial charge in [-0.3, -0.25) is 0 Å². The third-order valence-corrected chi connectivity index (χ3v) is 2.55. The molecule has 0 aliphatic carbocycles. The molecule has 0 aliphatic heterocycles. The minimum atomic E-state index is 0.478. The van der Waals surface area contributed by atoms with Gasteiger partial charge in [0.25, 0.3) is 0 Å². The van der Waals surface area contributed by atoms with Crippen LogP contribution in [0, 0.1) is 0 Å². The van der Waals surface area contributed by atoms with Crippen molar-refractivity contribution in [2.24, 2.45) is 0 Å². The Morgan fingerprint density at radius 2 is 2.06 bits per heavy atom. The number of hydrogen-bond acceptors (Lipinski definition) is 2. The molecule has 0 atom stereocenters. The van der Waals surface area contributed by atoms with E-state index in [-0.39, 0.29) is 0 Å². The molecular weight excluding hydrogens is 224 g/mol. The molecule has 1 heterocycles. The number of hydrogen-bond donors (Lipinski definition) is 0. The molecule has 0 aliphatic rings. The molecule has 16 heavy (non-hydrogen) atoms. The quantitative estimate of drug-likeness (QED) is 0.747. The summed E-state index contributed by atoms with van der Waals surface area (Å²) in [5, 5.41) is 0. The van der Waals surface area contributed by atoms with Gasteiger partial charge in [-0.2, -0.15) is 0 Å². The first-order valence-corrected chi connectivity index (χ1v) is 5.66. The molecule has 2 rings (SSSR count). The summed E-state index contributed by atoms with van der Waals surface area (Å²) in [6.45, 7) is 1.38. The maximum atomic E-state index is 5.77. The second-order valence-corrected chi connectivity index (χ2v) is 3.64. The maximum absolute atomic E-state index is 5.77. The summed E-state index contributed by atoms with van der Waals surface area (Å²) < 4.78 is 7.58. The Kier molecular flexibility index (Phi) is 3.83. The number of alkyl halides is 1. The van der Waals surface area contributed by atoms with Crippen LogP contribution in [0.4, 0.5) is 0 Å². The lowest BCUT2D eigenvalue weighted by Gasteiger charge is -2.08. The van der Waals surface area contributed by atoms with Crippen LogP contribution in [0.25, 0.3) is 0 Å². The first kappa shape index (κ1) is 11.0. The predicted octanol–water partition coefficient (Wildman–Crippen LogP) is 2.70. The molecule has 0 bridgehead atoms. The smallest absolute Gasteiger partial charge is 0.119 e. The Morgan fingerprint density at radius 1 is 1.25 bits per heavy atom. The van der Waals surface area contributed by atoms with Gasteiger partial charge in [0.05, 0.1) is 24.4 Å². The summed E-state index contributed by atoms with van der Waals surface area (Å²) in [6.07, 6.45) is 3.54. The monoisotopic (exact) mass is 236 g/mol. The standard InChI is InChI=1S/C12H13ClN2O/c13-8-11-9-14-10-15(11)6-7-16-12-4-2-1-3-5-12/h1-5,9-10H,6-8H2. The molecule has 1 aromatic carbocycles. The number of imidazole rings is 1. The second-order valence-electron chi connectivity index (χ2n) is 3.37. The third kappa shape index (κ3) is 2.76. The summed E-state index contributed by atoms with van der Waals surface area (Å²) in [5.41, 5.74) is 1.01. The van der Waals surface area contributed by atoms with Gasteiger partial charge in [-0.05, 0) is 12.1 Å². The van der Waals surface area contributed by atoms with Gasteiger partial charge < -0.3 is 9.30 Å². The van der Waals surface area contributed by atoms with Gasteiger partial charge >= 0.3 is 0 Å². The minimum Gasteiger partial charge on any atom is -0.492 e. The zero-order chi connectivity index (χ0) is 11.2. The number of benzene rings is 1. The maximum Gasteiger partial charge on any atom is 0.119 e. The van der Waals surface area contributed by atoms with Crippen molar-refractivity contribution >= 4 is 11.6 Å². The summed E-state index contributed by atoms with van der Waals surface area (Å²) in [6, 6.07) is 9.76. The molecule has 0 saturated carbocycles. The van der Waals surface area contributed by atoms with E-state index in [1.165, 1.54) is 0 Å². The summed E-state index contributed by atoms with van der Waals surface area (Å²) in [5.74, 6) is 1.36. The molecular formula is C12H13ClN2O. The average molecular weight is 237 g/mol. The number of nitrogens with zero attached hydrogens (tertiary/aromatic N) is 2. The molecule has 2 aromatic rings. The molecule has 84 valence electrons. The average Bonchev–Trinajstić information content (AvgIpc) is 2.78. The Morgan fingerprint density at radius 3 is 2.81 bits per heavy atom. The number of aromatic nitrogens is 2. The van der Waals surface area contributed by atoms with Crippen LogP contribution >= 0.6 is 11.6 Å². The molecule has 0 radical (unpaired) electrons. The molecule has 0 N–H and O–H groups in total. The van der Waals surface area contributed by atoms with Gasteiger partial charge in [0, 0.05) is 6.20 Å². The topological polar surface area (TPSA) is 27.1 Å². The molecule has 0 spiro atoms. The van der Waals surface area contributed by atoms with Gasteiger partial charge in [0.1, 0.15) is 12.4 Å². The van der Waals surface area contributed by atoms with Crippen molar-refractivity contribution in [3.63, 3.8) is 0 Å². The van der Waals surface area contributed by atoms with Crippen molar-refractivity contribution in [3.05, 3.63) is 48.5 Å². The van der Waals surface area contributed by atoms with E-state index in [9.17, 15) is 0 Å². The fourth-order valence-electron chi connectivity index (χ4n) is 1.44. The summed E-state index contributed by atoms with van der Waals surface area (Å²) >= 11 is 5.77. The Labute approximate surface area is 99.6 Å². The molecule has 3 nitrogen and oxygen atoms in total. The molecule has 0 saturated heterocycles. The lowest BCUT2D eigenvalue weighted by atomic mass is 10.3. The lowest BCUT2D eigenvalue weighted by Crippen LogP contribution is -2.09. The van der Waals surface area contributed by atoms with Crippen molar-refractivity contribution < 1.29 is 4.74 Å². The van der Waals surface area contributed by atoms with E-state index in [1.54, 1.807) is 12.5 Å². The summed E-state index contributed by atoms with van der Waals surface area (Å²) in [7, 11) is 0. The van der Waals surface area contributed by atoms with Crippen molar-refractivity contribution in [2.45, 2.75) is 12.4 Å². The molecule has 0 unspecified atom stereocenters. The van der Waals surface area contributed by atoms with Crippen LogP contribution in [0.2, 0.25) is 0 Å². The van der Waals surface area contributed by atoms with E-state index in [2.05, 4.69) is 4.98 Å². The first-order chi connectivity index (χ1) is 7.90. The molecule has 1 aromatic heterocycles. The fraction of sp³-hybridized carbons (Fsp3) is 0.250. The van der Waals surface area contributed by atoms with Crippen LogP contribution in [0.1, 0.15) is 5.69 Å². The van der Waals surface area contributed by atoms with Gasteiger partial charge in [0.15, 0.2) is 0 Å². The Hall–Kier alpha value is -1.48. The molecule has 0 amide bonds. The van der Waals surface area contributed by atoms with E-state index in [0.717, 1.165) is 18.0 Å².